The Morgan fingerprint density at radius 2 is 1.95 bits per heavy atom. The minimum atomic E-state index is -1.12. The smallest absolute Gasteiger partial charge is 0.359 e. The van der Waals surface area contributed by atoms with Crippen molar-refractivity contribution >= 4 is 17.9 Å². The number of rotatable bonds is 3. The molecule has 3 amide bonds. The molecule has 0 bridgehead atoms. The summed E-state index contributed by atoms with van der Waals surface area (Å²) < 4.78 is 4.85. The first-order valence-corrected chi connectivity index (χ1v) is 5.46. The Morgan fingerprint density at radius 3 is 2.47 bits per heavy atom. The van der Waals surface area contributed by atoms with Gasteiger partial charge in [0.15, 0.2) is 11.8 Å². The van der Waals surface area contributed by atoms with E-state index in [0.717, 1.165) is 0 Å². The fraction of sp³-hybridized carbons (Fsp3) is 0.364. The van der Waals surface area contributed by atoms with Crippen LogP contribution < -0.4 is 10.6 Å². The Labute approximate surface area is 109 Å². The molecule has 0 saturated carbocycles. The highest BCUT2D eigenvalue weighted by Gasteiger charge is 2.21. The average Bonchev–Trinajstić information content (AvgIpc) is 2.38. The molecular weight excluding hydrogens is 252 g/mol. The van der Waals surface area contributed by atoms with Gasteiger partial charge in [0.05, 0.1) is 11.9 Å². The van der Waals surface area contributed by atoms with Gasteiger partial charge >= 0.3 is 12.0 Å². The number of carbonyl (C=O) groups excluding carboxylic acids is 3. The van der Waals surface area contributed by atoms with Crippen molar-refractivity contribution in [1.82, 2.24) is 20.6 Å². The van der Waals surface area contributed by atoms with E-state index in [9.17, 15) is 14.4 Å². The molecule has 0 radical (unpaired) electrons. The van der Waals surface area contributed by atoms with Crippen molar-refractivity contribution in [2.75, 3.05) is 7.05 Å². The number of aryl methyl sites for hydroxylation is 1. The van der Waals surface area contributed by atoms with Crippen LogP contribution in [0, 0.1) is 6.92 Å². The Kier molecular flexibility index (Phi) is 4.92. The highest BCUT2D eigenvalue weighted by molar-refractivity contribution is 5.98. The molecule has 19 heavy (non-hydrogen) atoms. The monoisotopic (exact) mass is 266 g/mol. The maximum Gasteiger partial charge on any atom is 0.359 e. The van der Waals surface area contributed by atoms with Gasteiger partial charge in [-0.05, 0) is 13.8 Å². The molecule has 1 rings (SSSR count). The van der Waals surface area contributed by atoms with Crippen LogP contribution in [-0.2, 0) is 9.53 Å². The van der Waals surface area contributed by atoms with Crippen LogP contribution in [0.1, 0.15) is 23.1 Å². The van der Waals surface area contributed by atoms with E-state index in [2.05, 4.69) is 15.3 Å². The van der Waals surface area contributed by atoms with Gasteiger partial charge in [-0.25, -0.2) is 14.6 Å². The van der Waals surface area contributed by atoms with Crippen LogP contribution in [0.25, 0.3) is 0 Å². The van der Waals surface area contributed by atoms with Crippen molar-refractivity contribution in [3.8, 4) is 0 Å². The van der Waals surface area contributed by atoms with Crippen LogP contribution in [-0.4, -0.2) is 41.0 Å². The van der Waals surface area contributed by atoms with Crippen LogP contribution >= 0.6 is 0 Å². The van der Waals surface area contributed by atoms with Crippen molar-refractivity contribution in [3.05, 3.63) is 23.8 Å². The number of nitrogens with zero attached hydrogens (tertiary/aromatic N) is 2. The van der Waals surface area contributed by atoms with E-state index in [4.69, 9.17) is 4.74 Å². The summed E-state index contributed by atoms with van der Waals surface area (Å²) in [6.07, 6.45) is 1.54. The predicted octanol–water partition coefficient (Wildman–Crippen LogP) is -0.214. The zero-order chi connectivity index (χ0) is 14.4. The average molecular weight is 266 g/mol. The number of urea groups is 1. The molecule has 8 heteroatoms. The highest BCUT2D eigenvalue weighted by Crippen LogP contribution is 2.01. The molecule has 0 unspecified atom stereocenters. The number of carbonyl (C=O) groups is 3. The van der Waals surface area contributed by atoms with Crippen molar-refractivity contribution < 1.29 is 19.1 Å². The number of nitrogens with one attached hydrogen (secondary N) is 2. The van der Waals surface area contributed by atoms with Gasteiger partial charge < -0.3 is 10.1 Å². The maximum absolute atomic E-state index is 11.6. The van der Waals surface area contributed by atoms with Gasteiger partial charge in [0.2, 0.25) is 0 Å². The predicted molar refractivity (Wildman–Crippen MR) is 64.2 cm³/mol. The summed E-state index contributed by atoms with van der Waals surface area (Å²) in [7, 11) is 1.36. The second kappa shape index (κ2) is 6.43. The summed E-state index contributed by atoms with van der Waals surface area (Å²) in [6.45, 7) is 3.07. The number of hydrogen-bond donors (Lipinski definition) is 2. The lowest BCUT2D eigenvalue weighted by atomic mass is 10.3. The largest absolute Gasteiger partial charge is 0.448 e. The molecule has 0 saturated heterocycles. The lowest BCUT2D eigenvalue weighted by Gasteiger charge is -2.12. The SMILES string of the molecule is CNC(=O)NC(=O)[C@H](C)OC(=O)c1cnc(C)cn1. The third-order valence-electron chi connectivity index (χ3n) is 2.11. The molecule has 0 aliphatic heterocycles. The van der Waals surface area contributed by atoms with E-state index >= 15 is 0 Å². The summed E-state index contributed by atoms with van der Waals surface area (Å²) >= 11 is 0. The van der Waals surface area contributed by atoms with E-state index < -0.39 is 24.0 Å². The maximum atomic E-state index is 11.6. The minimum absolute atomic E-state index is 0.00908. The molecular formula is C11H14N4O4. The molecule has 1 aromatic rings. The van der Waals surface area contributed by atoms with Crippen molar-refractivity contribution in [2.45, 2.75) is 20.0 Å². The molecule has 0 fully saturated rings. The lowest BCUT2D eigenvalue weighted by Crippen LogP contribution is -2.43. The summed E-state index contributed by atoms with van der Waals surface area (Å²) in [6, 6.07) is -0.678. The van der Waals surface area contributed by atoms with Crippen molar-refractivity contribution in [2.24, 2.45) is 0 Å². The molecule has 0 spiro atoms. The number of esters is 1. The van der Waals surface area contributed by atoms with E-state index in [1.165, 1.54) is 26.4 Å². The molecule has 1 aromatic heterocycles. The Hall–Kier alpha value is -2.51. The second-order valence-electron chi connectivity index (χ2n) is 3.66. The van der Waals surface area contributed by atoms with Crippen LogP contribution in [0.3, 0.4) is 0 Å². The summed E-state index contributed by atoms with van der Waals surface area (Å²) in [4.78, 5) is 41.7. The summed E-state index contributed by atoms with van der Waals surface area (Å²) in [5, 5.41) is 4.20. The lowest BCUT2D eigenvalue weighted by molar-refractivity contribution is -0.127. The first-order valence-electron chi connectivity index (χ1n) is 5.46. The fourth-order valence-electron chi connectivity index (χ4n) is 1.05. The van der Waals surface area contributed by atoms with E-state index in [0.29, 0.717) is 5.69 Å². The van der Waals surface area contributed by atoms with Gasteiger partial charge in [-0.1, -0.05) is 0 Å². The number of amides is 3. The van der Waals surface area contributed by atoms with Gasteiger partial charge in [0.1, 0.15) is 0 Å². The van der Waals surface area contributed by atoms with Gasteiger partial charge in [-0.3, -0.25) is 15.1 Å². The van der Waals surface area contributed by atoms with Crippen molar-refractivity contribution in [3.63, 3.8) is 0 Å². The van der Waals surface area contributed by atoms with E-state index in [1.54, 1.807) is 6.92 Å². The molecule has 1 heterocycles. The Bertz CT molecular complexity index is 486. The summed E-state index contributed by atoms with van der Waals surface area (Å²) in [5.74, 6) is -1.51. The quantitative estimate of drug-likeness (QED) is 0.732. The van der Waals surface area contributed by atoms with E-state index in [1.807, 2.05) is 5.32 Å². The molecule has 8 nitrogen and oxygen atoms in total. The molecule has 0 aromatic carbocycles. The van der Waals surface area contributed by atoms with E-state index in [-0.39, 0.29) is 5.69 Å². The van der Waals surface area contributed by atoms with Crippen LogP contribution in [0.2, 0.25) is 0 Å². The molecule has 102 valence electrons. The molecule has 0 aliphatic rings. The summed E-state index contributed by atoms with van der Waals surface area (Å²) in [5.41, 5.74) is 0.646. The van der Waals surface area contributed by atoms with Gasteiger partial charge in [0, 0.05) is 13.2 Å². The number of aromatic nitrogens is 2. The highest BCUT2D eigenvalue weighted by atomic mass is 16.5. The number of imide groups is 1. The van der Waals surface area contributed by atoms with Gasteiger partial charge in [-0.2, -0.15) is 0 Å². The Morgan fingerprint density at radius 1 is 1.26 bits per heavy atom. The zero-order valence-electron chi connectivity index (χ0n) is 10.8. The molecule has 0 aliphatic carbocycles. The molecule has 1 atom stereocenters. The van der Waals surface area contributed by atoms with Crippen LogP contribution in [0.15, 0.2) is 12.4 Å². The second-order valence-corrected chi connectivity index (χ2v) is 3.66. The van der Waals surface area contributed by atoms with Crippen molar-refractivity contribution in [1.29, 1.82) is 0 Å². The van der Waals surface area contributed by atoms with Gasteiger partial charge in [0.25, 0.3) is 5.91 Å². The first-order chi connectivity index (χ1) is 8.93. The molecule has 2 N–H and O–H groups in total. The number of ether oxygens (including phenoxy) is 1. The Balaban J connectivity index is 2.59. The third-order valence-corrected chi connectivity index (χ3v) is 2.11. The standard InChI is InChI=1S/C11H14N4O4/c1-6-4-14-8(5-13-6)10(17)19-7(2)9(16)15-11(18)12-3/h4-5,7H,1-3H3,(H2,12,15,16,18)/t7-/m0/s1. The normalized spacial score (nSPS) is 11.3. The zero-order valence-corrected chi connectivity index (χ0v) is 10.8. The van der Waals surface area contributed by atoms with Crippen LogP contribution in [0.4, 0.5) is 4.79 Å². The third kappa shape index (κ3) is 4.34. The van der Waals surface area contributed by atoms with Gasteiger partial charge in [-0.15, -0.1) is 0 Å². The fourth-order valence-corrected chi connectivity index (χ4v) is 1.05. The topological polar surface area (TPSA) is 110 Å². The first kappa shape index (κ1) is 14.6. The van der Waals surface area contributed by atoms with Crippen LogP contribution in [0.5, 0.6) is 0 Å². The minimum Gasteiger partial charge on any atom is -0.448 e. The number of hydrogen-bond acceptors (Lipinski definition) is 6.